The number of rotatable bonds is 5. The van der Waals surface area contributed by atoms with E-state index >= 15 is 0 Å². The van der Waals surface area contributed by atoms with E-state index in [-0.39, 0.29) is 30.6 Å². The standard InChI is InChI=1S/C16H21NO4S/c1-3-10-21-13(2)16(18)17-9-11-22(19,20)12-15(17)14-7-5-4-6-8-14/h3-8,13,15H,1,9-12H2,2H3. The fraction of sp³-hybridized carbons (Fsp3) is 0.438. The van der Waals surface area contributed by atoms with Crippen molar-refractivity contribution in [3.05, 3.63) is 48.6 Å². The van der Waals surface area contributed by atoms with E-state index in [1.165, 1.54) is 0 Å². The van der Waals surface area contributed by atoms with Gasteiger partial charge in [0.1, 0.15) is 6.10 Å². The molecule has 120 valence electrons. The molecule has 0 saturated carbocycles. The van der Waals surface area contributed by atoms with Crippen molar-refractivity contribution in [3.8, 4) is 0 Å². The van der Waals surface area contributed by atoms with E-state index in [1.54, 1.807) is 17.9 Å². The lowest BCUT2D eigenvalue weighted by atomic mass is 10.1. The molecule has 0 aromatic heterocycles. The first kappa shape index (κ1) is 16.7. The number of hydrogen-bond acceptors (Lipinski definition) is 4. The highest BCUT2D eigenvalue weighted by atomic mass is 32.2. The molecular weight excluding hydrogens is 302 g/mol. The third kappa shape index (κ3) is 3.96. The minimum Gasteiger partial charge on any atom is -0.365 e. The van der Waals surface area contributed by atoms with Crippen molar-refractivity contribution in [3.63, 3.8) is 0 Å². The molecule has 1 heterocycles. The Hall–Kier alpha value is -1.66. The summed E-state index contributed by atoms with van der Waals surface area (Å²) in [4.78, 5) is 14.2. The van der Waals surface area contributed by atoms with Gasteiger partial charge in [-0.05, 0) is 12.5 Å². The SMILES string of the molecule is C=CCOC(C)C(=O)N1CCS(=O)(=O)CC1c1ccccc1. The van der Waals surface area contributed by atoms with Gasteiger partial charge >= 0.3 is 0 Å². The van der Waals surface area contributed by atoms with Crippen LogP contribution in [0.3, 0.4) is 0 Å². The van der Waals surface area contributed by atoms with E-state index < -0.39 is 22.0 Å². The molecule has 1 fully saturated rings. The lowest BCUT2D eigenvalue weighted by Gasteiger charge is -2.37. The summed E-state index contributed by atoms with van der Waals surface area (Å²) < 4.78 is 29.3. The zero-order chi connectivity index (χ0) is 16.2. The molecule has 2 rings (SSSR count). The third-order valence-corrected chi connectivity index (χ3v) is 5.34. The second-order valence-electron chi connectivity index (χ2n) is 5.34. The van der Waals surface area contributed by atoms with Crippen LogP contribution < -0.4 is 0 Å². The lowest BCUT2D eigenvalue weighted by Crippen LogP contribution is -2.49. The van der Waals surface area contributed by atoms with Gasteiger partial charge in [0, 0.05) is 6.54 Å². The molecule has 22 heavy (non-hydrogen) atoms. The second-order valence-corrected chi connectivity index (χ2v) is 7.57. The molecule has 0 radical (unpaired) electrons. The normalized spacial score (nSPS) is 22.0. The molecule has 1 aliphatic rings. The maximum absolute atomic E-state index is 12.6. The number of sulfone groups is 1. The van der Waals surface area contributed by atoms with E-state index in [4.69, 9.17) is 4.74 Å². The first-order valence-corrected chi connectivity index (χ1v) is 9.05. The highest BCUT2D eigenvalue weighted by molar-refractivity contribution is 7.91. The number of benzene rings is 1. The van der Waals surface area contributed by atoms with Crippen LogP contribution in [0.2, 0.25) is 0 Å². The fourth-order valence-electron chi connectivity index (χ4n) is 2.54. The quantitative estimate of drug-likeness (QED) is 0.772. The molecule has 6 heteroatoms. The summed E-state index contributed by atoms with van der Waals surface area (Å²) in [5.41, 5.74) is 0.829. The molecule has 0 aliphatic carbocycles. The van der Waals surface area contributed by atoms with Crippen molar-refractivity contribution < 1.29 is 17.9 Å². The highest BCUT2D eigenvalue weighted by Gasteiger charge is 2.36. The third-order valence-electron chi connectivity index (χ3n) is 3.71. The van der Waals surface area contributed by atoms with Gasteiger partial charge in [-0.1, -0.05) is 36.4 Å². The largest absolute Gasteiger partial charge is 0.365 e. The zero-order valence-corrected chi connectivity index (χ0v) is 13.5. The van der Waals surface area contributed by atoms with Gasteiger partial charge in [0.05, 0.1) is 24.2 Å². The Morgan fingerprint density at radius 2 is 2.14 bits per heavy atom. The van der Waals surface area contributed by atoms with Crippen molar-refractivity contribution in [2.45, 2.75) is 19.1 Å². The minimum absolute atomic E-state index is 0.00372. The van der Waals surface area contributed by atoms with Crippen LogP contribution in [-0.2, 0) is 19.4 Å². The smallest absolute Gasteiger partial charge is 0.252 e. The molecule has 1 aliphatic heterocycles. The molecule has 2 unspecified atom stereocenters. The first-order chi connectivity index (χ1) is 10.4. The Bertz CT molecular complexity index is 627. The lowest BCUT2D eigenvalue weighted by molar-refractivity contribution is -0.144. The van der Waals surface area contributed by atoms with Gasteiger partial charge in [-0.25, -0.2) is 8.42 Å². The van der Waals surface area contributed by atoms with Gasteiger partial charge < -0.3 is 9.64 Å². The predicted octanol–water partition coefficient (Wildman–Crippen LogP) is 1.58. The molecule has 0 N–H and O–H groups in total. The molecule has 5 nitrogen and oxygen atoms in total. The Morgan fingerprint density at radius 1 is 1.45 bits per heavy atom. The summed E-state index contributed by atoms with van der Waals surface area (Å²) in [6.45, 7) is 5.72. The van der Waals surface area contributed by atoms with Gasteiger partial charge in [-0.15, -0.1) is 6.58 Å². The molecule has 1 amide bonds. The summed E-state index contributed by atoms with van der Waals surface area (Å²) in [7, 11) is -3.14. The summed E-state index contributed by atoms with van der Waals surface area (Å²) in [6.07, 6.45) is 0.962. The van der Waals surface area contributed by atoms with E-state index in [1.807, 2.05) is 30.3 Å². The summed E-state index contributed by atoms with van der Waals surface area (Å²) in [6, 6.07) is 8.79. The molecule has 0 spiro atoms. The second kappa shape index (κ2) is 7.07. The van der Waals surface area contributed by atoms with Crippen LogP contribution in [0, 0.1) is 0 Å². The zero-order valence-electron chi connectivity index (χ0n) is 12.6. The van der Waals surface area contributed by atoms with Gasteiger partial charge in [0.2, 0.25) is 0 Å². The Morgan fingerprint density at radius 3 is 2.77 bits per heavy atom. The topological polar surface area (TPSA) is 63.7 Å². The van der Waals surface area contributed by atoms with E-state index in [0.717, 1.165) is 5.56 Å². The van der Waals surface area contributed by atoms with Crippen molar-refractivity contribution >= 4 is 15.7 Å². The monoisotopic (exact) mass is 323 g/mol. The van der Waals surface area contributed by atoms with E-state index in [2.05, 4.69) is 6.58 Å². The molecule has 0 bridgehead atoms. The molecule has 1 aromatic rings. The fourth-order valence-corrected chi connectivity index (χ4v) is 4.03. The Labute approximate surface area is 131 Å². The van der Waals surface area contributed by atoms with Gasteiger partial charge in [0.25, 0.3) is 5.91 Å². The van der Waals surface area contributed by atoms with Crippen LogP contribution in [-0.4, -0.2) is 50.0 Å². The average molecular weight is 323 g/mol. The molecular formula is C16H21NO4S. The van der Waals surface area contributed by atoms with Crippen LogP contribution >= 0.6 is 0 Å². The van der Waals surface area contributed by atoms with Crippen LogP contribution in [0.1, 0.15) is 18.5 Å². The van der Waals surface area contributed by atoms with Crippen LogP contribution in [0.25, 0.3) is 0 Å². The predicted molar refractivity (Wildman–Crippen MR) is 85.2 cm³/mol. The average Bonchev–Trinajstić information content (AvgIpc) is 2.52. The minimum atomic E-state index is -3.14. The number of amides is 1. The maximum atomic E-state index is 12.6. The van der Waals surface area contributed by atoms with Gasteiger partial charge in [-0.2, -0.15) is 0 Å². The summed E-state index contributed by atoms with van der Waals surface area (Å²) in [5.74, 6) is -0.238. The van der Waals surface area contributed by atoms with Crippen LogP contribution in [0.4, 0.5) is 0 Å². The first-order valence-electron chi connectivity index (χ1n) is 7.23. The maximum Gasteiger partial charge on any atom is 0.252 e. The van der Waals surface area contributed by atoms with E-state index in [0.29, 0.717) is 0 Å². The Kier molecular flexibility index (Phi) is 5.37. The summed E-state index contributed by atoms with van der Waals surface area (Å²) in [5, 5.41) is 0. The number of carbonyl (C=O) groups is 1. The number of nitrogens with zero attached hydrogens (tertiary/aromatic N) is 1. The van der Waals surface area contributed by atoms with Crippen LogP contribution in [0.5, 0.6) is 0 Å². The molecule has 1 saturated heterocycles. The Balaban J connectivity index is 2.24. The van der Waals surface area contributed by atoms with Gasteiger partial charge in [0.15, 0.2) is 9.84 Å². The van der Waals surface area contributed by atoms with Crippen molar-refractivity contribution in [1.82, 2.24) is 4.90 Å². The molecule has 1 aromatic carbocycles. The van der Waals surface area contributed by atoms with Crippen molar-refractivity contribution in [2.75, 3.05) is 24.7 Å². The number of carbonyl (C=O) groups excluding carboxylic acids is 1. The molecule has 2 atom stereocenters. The van der Waals surface area contributed by atoms with Crippen molar-refractivity contribution in [1.29, 1.82) is 0 Å². The summed E-state index contributed by atoms with van der Waals surface area (Å²) >= 11 is 0. The highest BCUT2D eigenvalue weighted by Crippen LogP contribution is 2.27. The van der Waals surface area contributed by atoms with E-state index in [9.17, 15) is 13.2 Å². The number of hydrogen-bond donors (Lipinski definition) is 0. The van der Waals surface area contributed by atoms with Crippen molar-refractivity contribution in [2.24, 2.45) is 0 Å². The van der Waals surface area contributed by atoms with Crippen LogP contribution in [0.15, 0.2) is 43.0 Å². The number of ether oxygens (including phenoxy) is 1. The van der Waals surface area contributed by atoms with Gasteiger partial charge in [-0.3, -0.25) is 4.79 Å².